The molecule has 0 radical (unpaired) electrons. The molecule has 1 atom stereocenters. The molecule has 8 nitrogen and oxygen atoms in total. The molecule has 0 fully saturated rings. The Bertz CT molecular complexity index is 1060. The number of hydrogen-bond acceptors (Lipinski definition) is 7. The first-order valence-electron chi connectivity index (χ1n) is 6.98. The topological polar surface area (TPSA) is 115 Å². The van der Waals surface area contributed by atoms with Gasteiger partial charge in [-0.1, -0.05) is 30.4 Å². The lowest BCUT2D eigenvalue weighted by molar-refractivity contribution is -0.146. The van der Waals surface area contributed by atoms with Crippen molar-refractivity contribution < 1.29 is 31.2 Å². The van der Waals surface area contributed by atoms with Crippen molar-refractivity contribution in [2.75, 3.05) is 6.73 Å². The number of esters is 1. The maximum Gasteiger partial charge on any atom is 0.320 e. The van der Waals surface area contributed by atoms with E-state index in [1.165, 1.54) is 48.6 Å². The third-order valence-electron chi connectivity index (χ3n) is 3.66. The van der Waals surface area contributed by atoms with Gasteiger partial charge >= 0.3 is 5.97 Å². The molecule has 1 aromatic rings. The molecule has 10 heteroatoms. The normalized spacial score (nSPS) is 20.5. The van der Waals surface area contributed by atoms with Crippen molar-refractivity contribution >= 4 is 37.1 Å². The van der Waals surface area contributed by atoms with Crippen molar-refractivity contribution in [3.05, 3.63) is 54.1 Å². The zero-order valence-corrected chi connectivity index (χ0v) is 14.2. The van der Waals surface area contributed by atoms with Gasteiger partial charge in [-0.15, -0.1) is 0 Å². The van der Waals surface area contributed by atoms with Gasteiger partial charge in [-0.2, -0.15) is 12.7 Å². The van der Waals surface area contributed by atoms with E-state index in [0.29, 0.717) is 4.31 Å². The van der Waals surface area contributed by atoms with E-state index in [0.717, 1.165) is 0 Å². The van der Waals surface area contributed by atoms with Crippen LogP contribution in [0.3, 0.4) is 0 Å². The zero-order chi connectivity index (χ0) is 18.2. The summed E-state index contributed by atoms with van der Waals surface area (Å²) in [5, 5.41) is 0. The first kappa shape index (κ1) is 17.1. The van der Waals surface area contributed by atoms with E-state index >= 15 is 0 Å². The number of benzene rings is 1. The molecule has 0 aromatic heterocycles. The van der Waals surface area contributed by atoms with Crippen molar-refractivity contribution in [2.45, 2.75) is 4.90 Å². The molecule has 1 amide bonds. The predicted molar refractivity (Wildman–Crippen MR) is 86.5 cm³/mol. The summed E-state index contributed by atoms with van der Waals surface area (Å²) in [5.74, 6) is -2.97. The van der Waals surface area contributed by atoms with Gasteiger partial charge in [0.25, 0.3) is 15.9 Å². The van der Waals surface area contributed by atoms with Gasteiger partial charge in [-0.3, -0.25) is 9.59 Å². The first-order valence-corrected chi connectivity index (χ1v) is 9.49. The number of rotatable bonds is 3. The second kappa shape index (κ2) is 6.30. The fourth-order valence-electron chi connectivity index (χ4n) is 2.45. The third kappa shape index (κ3) is 2.89. The van der Waals surface area contributed by atoms with Gasteiger partial charge < -0.3 is 4.74 Å². The van der Waals surface area contributed by atoms with Crippen LogP contribution in [0, 0.1) is 5.92 Å². The minimum atomic E-state index is -4.11. The van der Waals surface area contributed by atoms with Crippen LogP contribution < -0.4 is 0 Å². The summed E-state index contributed by atoms with van der Waals surface area (Å²) in [4.78, 5) is 24.0. The second-order valence-electron chi connectivity index (χ2n) is 5.11. The molecule has 0 saturated carbocycles. The monoisotopic (exact) mass is 381 g/mol. The zero-order valence-electron chi connectivity index (χ0n) is 12.5. The van der Waals surface area contributed by atoms with Gasteiger partial charge in [0.2, 0.25) is 10.3 Å². The summed E-state index contributed by atoms with van der Waals surface area (Å²) < 4.78 is 52.3. The maximum atomic E-state index is 12.3. The Labute approximate surface area is 144 Å². The molecule has 2 aliphatic rings. The number of hydrogen-bond donors (Lipinski definition) is 0. The maximum absolute atomic E-state index is 12.3. The standard InChI is InChI=1S/C15H11NO7S2/c17-14-11-6-2-4-8-13(11)25(21,22)16(14)9-23-15(18)10-5-1-3-7-12(10)24(19)20/h1-8,10H,9H2. The van der Waals surface area contributed by atoms with Gasteiger partial charge in [-0.05, 0) is 18.2 Å². The Kier molecular flexibility index (Phi) is 4.31. The highest BCUT2D eigenvalue weighted by Gasteiger charge is 2.41. The van der Waals surface area contributed by atoms with Crippen molar-refractivity contribution in [1.82, 2.24) is 4.31 Å². The Morgan fingerprint density at radius 1 is 1.20 bits per heavy atom. The molecule has 0 N–H and O–H groups in total. The molecule has 1 unspecified atom stereocenters. The third-order valence-corrected chi connectivity index (χ3v) is 6.20. The number of allylic oxidation sites excluding steroid dienone is 3. The molecule has 130 valence electrons. The number of ether oxygens (including phenoxy) is 1. The van der Waals surface area contributed by atoms with Crippen LogP contribution in [0.2, 0.25) is 0 Å². The van der Waals surface area contributed by atoms with Gasteiger partial charge in [0.1, 0.15) is 10.8 Å². The highest BCUT2D eigenvalue weighted by Crippen LogP contribution is 2.29. The largest absolute Gasteiger partial charge is 0.442 e. The lowest BCUT2D eigenvalue weighted by Gasteiger charge is -2.17. The minimum Gasteiger partial charge on any atom is -0.442 e. The fraction of sp³-hybridized carbons (Fsp3) is 0.133. The van der Waals surface area contributed by atoms with Crippen molar-refractivity contribution in [1.29, 1.82) is 0 Å². The minimum absolute atomic E-state index is 0.00745. The Morgan fingerprint density at radius 3 is 2.60 bits per heavy atom. The Balaban J connectivity index is 1.80. The highest BCUT2D eigenvalue weighted by molar-refractivity contribution is 7.90. The number of amides is 1. The molecule has 25 heavy (non-hydrogen) atoms. The van der Waals surface area contributed by atoms with E-state index in [-0.39, 0.29) is 15.3 Å². The summed E-state index contributed by atoms with van der Waals surface area (Å²) >= 11 is 0. The summed E-state index contributed by atoms with van der Waals surface area (Å²) in [6.07, 6.45) is 5.46. The summed E-state index contributed by atoms with van der Waals surface area (Å²) in [6, 6.07) is 5.64. The van der Waals surface area contributed by atoms with Crippen molar-refractivity contribution in [3.63, 3.8) is 0 Å². The Morgan fingerprint density at radius 2 is 1.92 bits per heavy atom. The Hall–Kier alpha value is -2.72. The van der Waals surface area contributed by atoms with Gasteiger partial charge in [0.15, 0.2) is 6.73 Å². The van der Waals surface area contributed by atoms with E-state index in [4.69, 9.17) is 4.74 Å². The predicted octanol–water partition coefficient (Wildman–Crippen LogP) is 0.126. The fourth-order valence-corrected chi connectivity index (χ4v) is 4.45. The molecule has 1 heterocycles. The van der Waals surface area contributed by atoms with Crippen LogP contribution in [0.25, 0.3) is 0 Å². The van der Waals surface area contributed by atoms with E-state index in [1.807, 2.05) is 0 Å². The van der Waals surface area contributed by atoms with E-state index in [2.05, 4.69) is 0 Å². The van der Waals surface area contributed by atoms with Crippen LogP contribution in [0.4, 0.5) is 0 Å². The average molecular weight is 381 g/mol. The first-order chi connectivity index (χ1) is 11.8. The molecule has 1 aromatic carbocycles. The van der Waals surface area contributed by atoms with Gasteiger partial charge in [-0.25, -0.2) is 8.42 Å². The van der Waals surface area contributed by atoms with Crippen LogP contribution in [0.5, 0.6) is 0 Å². The highest BCUT2D eigenvalue weighted by atomic mass is 32.2. The quantitative estimate of drug-likeness (QED) is 0.540. The lowest BCUT2D eigenvalue weighted by Crippen LogP contribution is -2.35. The number of carbonyl (C=O) groups is 2. The summed E-state index contributed by atoms with van der Waals surface area (Å²) in [6.45, 7) is -0.832. The van der Waals surface area contributed by atoms with E-state index < -0.39 is 44.8 Å². The molecule has 1 aliphatic carbocycles. The van der Waals surface area contributed by atoms with E-state index in [1.54, 1.807) is 0 Å². The van der Waals surface area contributed by atoms with Crippen molar-refractivity contribution in [2.24, 2.45) is 5.92 Å². The molecule has 0 bridgehead atoms. The van der Waals surface area contributed by atoms with Gasteiger partial charge in [0, 0.05) is 0 Å². The number of fused-ring (bicyclic) bond motifs is 1. The molecule has 0 saturated heterocycles. The molecule has 3 rings (SSSR count). The summed E-state index contributed by atoms with van der Waals surface area (Å²) in [5.41, 5.74) is -0.00745. The van der Waals surface area contributed by atoms with Gasteiger partial charge in [0.05, 0.1) is 10.4 Å². The second-order valence-corrected chi connectivity index (χ2v) is 7.88. The summed E-state index contributed by atoms with van der Waals surface area (Å²) in [7, 11) is -6.74. The molecular weight excluding hydrogens is 370 g/mol. The van der Waals surface area contributed by atoms with Crippen molar-refractivity contribution in [3.8, 4) is 0 Å². The smallest absolute Gasteiger partial charge is 0.320 e. The van der Waals surface area contributed by atoms with Crippen LogP contribution >= 0.6 is 0 Å². The molecule has 1 aliphatic heterocycles. The number of nitrogens with zero attached hydrogens (tertiary/aromatic N) is 1. The van der Waals surface area contributed by atoms with Crippen LogP contribution in [0.1, 0.15) is 10.4 Å². The lowest BCUT2D eigenvalue weighted by atomic mass is 10.0. The van der Waals surface area contributed by atoms with Crippen LogP contribution in [0.15, 0.2) is 53.5 Å². The number of carbonyl (C=O) groups excluding carboxylic acids is 2. The SMILES string of the molecule is O=C(OCN1C(=O)c2ccccc2S1(=O)=O)C1C=CC=CC1=S(=O)=O. The molecule has 0 spiro atoms. The molecular formula is C15H11NO7S2. The number of sulfonamides is 1. The van der Waals surface area contributed by atoms with Crippen LogP contribution in [-0.2, 0) is 29.8 Å². The van der Waals surface area contributed by atoms with Crippen LogP contribution in [-0.4, -0.2) is 44.6 Å². The van der Waals surface area contributed by atoms with E-state index in [9.17, 15) is 26.4 Å². The average Bonchev–Trinajstić information content (AvgIpc) is 2.79.